The van der Waals surface area contributed by atoms with E-state index >= 15 is 0 Å². The Kier molecular flexibility index (Phi) is 6.16. The van der Waals surface area contributed by atoms with Gasteiger partial charge in [0.05, 0.1) is 12.7 Å². The van der Waals surface area contributed by atoms with Crippen molar-refractivity contribution in [2.45, 2.75) is 59.0 Å². The van der Waals surface area contributed by atoms with Crippen LogP contribution in [0, 0.1) is 11.3 Å². The first-order valence-electron chi connectivity index (χ1n) is 8.79. The predicted molar refractivity (Wildman–Crippen MR) is 92.7 cm³/mol. The van der Waals surface area contributed by atoms with Gasteiger partial charge < -0.3 is 9.84 Å². The molecule has 1 fully saturated rings. The molecule has 2 rings (SSSR count). The lowest BCUT2D eigenvalue weighted by molar-refractivity contribution is -0.143. The maximum Gasteiger partial charge on any atom is 0.305 e. The van der Waals surface area contributed by atoms with Gasteiger partial charge in [0.15, 0.2) is 5.78 Å². The minimum atomic E-state index is -0.453. The highest BCUT2D eigenvalue weighted by atomic mass is 16.5. The summed E-state index contributed by atoms with van der Waals surface area (Å²) in [7, 11) is 0. The Hall–Kier alpha value is -1.68. The van der Waals surface area contributed by atoms with Crippen LogP contribution in [0.3, 0.4) is 0 Å². The second-order valence-corrected chi connectivity index (χ2v) is 7.48. The fraction of sp³-hybridized carbons (Fsp3) is 0.600. The van der Waals surface area contributed by atoms with E-state index in [1.165, 1.54) is 0 Å². The van der Waals surface area contributed by atoms with Crippen LogP contribution in [-0.2, 0) is 9.53 Å². The average Bonchev–Trinajstić information content (AvgIpc) is 2.52. The fourth-order valence-electron chi connectivity index (χ4n) is 3.49. The maximum atomic E-state index is 12.1. The van der Waals surface area contributed by atoms with Crippen LogP contribution in [0.4, 0.5) is 0 Å². The molecule has 1 aliphatic rings. The number of hydrogen-bond donors (Lipinski definition) is 1. The van der Waals surface area contributed by atoms with Crippen molar-refractivity contribution in [3.63, 3.8) is 0 Å². The molecule has 1 atom stereocenters. The second-order valence-electron chi connectivity index (χ2n) is 7.48. The summed E-state index contributed by atoms with van der Waals surface area (Å²) in [5.74, 6) is 0.0726. The quantitative estimate of drug-likeness (QED) is 0.576. The molecule has 0 spiro atoms. The molecular weight excluding hydrogens is 304 g/mol. The third-order valence-electron chi connectivity index (χ3n) is 4.74. The molecule has 1 aromatic rings. The van der Waals surface area contributed by atoms with Gasteiger partial charge in [-0.15, -0.1) is 0 Å². The van der Waals surface area contributed by atoms with Crippen LogP contribution in [-0.4, -0.2) is 23.5 Å². The monoisotopic (exact) mass is 332 g/mol. The van der Waals surface area contributed by atoms with Crippen LogP contribution >= 0.6 is 0 Å². The number of carbonyl (C=O) groups is 2. The Morgan fingerprint density at radius 1 is 1.21 bits per heavy atom. The lowest BCUT2D eigenvalue weighted by Gasteiger charge is -2.45. The Morgan fingerprint density at radius 3 is 2.38 bits per heavy atom. The van der Waals surface area contributed by atoms with Crippen LogP contribution < -0.4 is 0 Å². The first-order valence-corrected chi connectivity index (χ1v) is 8.79. The number of esters is 1. The molecule has 132 valence electrons. The van der Waals surface area contributed by atoms with Crippen molar-refractivity contribution in [3.05, 3.63) is 35.4 Å². The van der Waals surface area contributed by atoms with E-state index < -0.39 is 6.10 Å². The van der Waals surface area contributed by atoms with E-state index in [-0.39, 0.29) is 18.2 Å². The summed E-state index contributed by atoms with van der Waals surface area (Å²) in [5, 5.41) is 10.4. The third-order valence-corrected chi connectivity index (χ3v) is 4.74. The van der Waals surface area contributed by atoms with E-state index in [0.29, 0.717) is 36.3 Å². The van der Waals surface area contributed by atoms with E-state index in [2.05, 4.69) is 13.8 Å². The summed E-state index contributed by atoms with van der Waals surface area (Å²) in [6, 6.07) is 7.23. The molecule has 0 amide bonds. The highest BCUT2D eigenvalue weighted by Gasteiger charge is 2.40. The molecule has 1 aliphatic carbocycles. The average molecular weight is 332 g/mol. The number of hydrogen-bond acceptors (Lipinski definition) is 4. The highest BCUT2D eigenvalue weighted by molar-refractivity contribution is 5.96. The molecule has 4 nitrogen and oxygen atoms in total. The maximum absolute atomic E-state index is 12.1. The van der Waals surface area contributed by atoms with Crippen LogP contribution in [0.1, 0.15) is 74.9 Å². The van der Waals surface area contributed by atoms with E-state index in [4.69, 9.17) is 4.74 Å². The van der Waals surface area contributed by atoms with Gasteiger partial charge in [0, 0.05) is 18.4 Å². The van der Waals surface area contributed by atoms with Crippen molar-refractivity contribution >= 4 is 11.8 Å². The molecule has 0 aliphatic heterocycles. The number of rotatable bonds is 8. The topological polar surface area (TPSA) is 63.6 Å². The molecule has 0 bridgehead atoms. The molecular formula is C20H28O4. The van der Waals surface area contributed by atoms with Crippen molar-refractivity contribution in [3.8, 4) is 0 Å². The standard InChI is InChI=1S/C20H28O4/c1-4-24-18(22)7-5-6-17(21)14-8-10-15(11-9-14)19(23)16-12-20(2,3)13-16/h8-11,16,19,23H,4-7,12-13H2,1-3H3. The summed E-state index contributed by atoms with van der Waals surface area (Å²) in [6.45, 7) is 6.57. The summed E-state index contributed by atoms with van der Waals surface area (Å²) < 4.78 is 4.85. The van der Waals surface area contributed by atoms with Gasteiger partial charge in [0.25, 0.3) is 0 Å². The number of Topliss-reactive ketones (excluding diaryl/α,β-unsaturated/α-hetero) is 1. The number of benzene rings is 1. The Labute approximate surface area is 144 Å². The van der Waals surface area contributed by atoms with Crippen molar-refractivity contribution in [1.82, 2.24) is 0 Å². The van der Waals surface area contributed by atoms with Gasteiger partial charge in [0.1, 0.15) is 0 Å². The third kappa shape index (κ3) is 4.91. The van der Waals surface area contributed by atoms with Crippen LogP contribution in [0.15, 0.2) is 24.3 Å². The van der Waals surface area contributed by atoms with Crippen LogP contribution in [0.5, 0.6) is 0 Å². The first-order chi connectivity index (χ1) is 11.3. The van der Waals surface area contributed by atoms with Crippen molar-refractivity contribution in [2.24, 2.45) is 11.3 Å². The van der Waals surface area contributed by atoms with Crippen molar-refractivity contribution in [2.75, 3.05) is 6.61 Å². The zero-order valence-corrected chi connectivity index (χ0v) is 14.9. The second kappa shape index (κ2) is 7.93. The number of ether oxygens (including phenoxy) is 1. The number of ketones is 1. The van der Waals surface area contributed by atoms with Gasteiger partial charge in [-0.25, -0.2) is 0 Å². The minimum absolute atomic E-state index is 0.0186. The summed E-state index contributed by atoms with van der Waals surface area (Å²) in [6.07, 6.45) is 2.71. The Bertz CT molecular complexity index is 566. The van der Waals surface area contributed by atoms with E-state index in [1.54, 1.807) is 19.1 Å². The Morgan fingerprint density at radius 2 is 1.83 bits per heavy atom. The largest absolute Gasteiger partial charge is 0.466 e. The highest BCUT2D eigenvalue weighted by Crippen LogP contribution is 2.50. The zero-order chi connectivity index (χ0) is 17.7. The lowest BCUT2D eigenvalue weighted by atomic mass is 9.62. The van der Waals surface area contributed by atoms with Gasteiger partial charge in [0.2, 0.25) is 0 Å². The smallest absolute Gasteiger partial charge is 0.305 e. The SMILES string of the molecule is CCOC(=O)CCCC(=O)c1ccc(C(O)C2CC(C)(C)C2)cc1. The molecule has 0 heterocycles. The van der Waals surface area contributed by atoms with Gasteiger partial charge in [-0.1, -0.05) is 38.1 Å². The van der Waals surface area contributed by atoms with Crippen molar-refractivity contribution in [1.29, 1.82) is 0 Å². The molecule has 1 N–H and O–H groups in total. The van der Waals surface area contributed by atoms with Gasteiger partial charge in [-0.2, -0.15) is 0 Å². The van der Waals surface area contributed by atoms with E-state index in [9.17, 15) is 14.7 Å². The summed E-state index contributed by atoms with van der Waals surface area (Å²) in [4.78, 5) is 23.4. The van der Waals surface area contributed by atoms with Crippen LogP contribution in [0.25, 0.3) is 0 Å². The normalized spacial score (nSPS) is 17.8. The van der Waals surface area contributed by atoms with Crippen molar-refractivity contribution < 1.29 is 19.4 Å². The summed E-state index contributed by atoms with van der Waals surface area (Å²) in [5.41, 5.74) is 1.84. The fourth-order valence-corrected chi connectivity index (χ4v) is 3.49. The molecule has 24 heavy (non-hydrogen) atoms. The van der Waals surface area contributed by atoms with Gasteiger partial charge in [-0.05, 0) is 43.1 Å². The molecule has 1 unspecified atom stereocenters. The van der Waals surface area contributed by atoms with E-state index in [0.717, 1.165) is 18.4 Å². The molecule has 1 aromatic carbocycles. The molecule has 4 heteroatoms. The zero-order valence-electron chi connectivity index (χ0n) is 14.9. The minimum Gasteiger partial charge on any atom is -0.466 e. The first kappa shape index (κ1) is 18.7. The Balaban J connectivity index is 1.83. The van der Waals surface area contributed by atoms with Crippen LogP contribution in [0.2, 0.25) is 0 Å². The molecule has 1 saturated carbocycles. The molecule has 0 aromatic heterocycles. The number of aliphatic hydroxyl groups excluding tert-OH is 1. The lowest BCUT2D eigenvalue weighted by Crippen LogP contribution is -2.35. The predicted octanol–water partition coefficient (Wildman–Crippen LogP) is 4.07. The number of aliphatic hydroxyl groups is 1. The van der Waals surface area contributed by atoms with Gasteiger partial charge >= 0.3 is 5.97 Å². The van der Waals surface area contributed by atoms with E-state index in [1.807, 2.05) is 12.1 Å². The molecule has 0 saturated heterocycles. The summed E-state index contributed by atoms with van der Waals surface area (Å²) >= 11 is 0. The molecule has 0 radical (unpaired) electrons. The van der Waals surface area contributed by atoms with Gasteiger partial charge in [-0.3, -0.25) is 9.59 Å². The number of carbonyl (C=O) groups excluding carboxylic acids is 2.